The number of nitrogen functional groups attached to an aromatic ring is 1. The highest BCUT2D eigenvalue weighted by Crippen LogP contribution is 2.35. The number of alkyl halides is 1. The molecule has 18 heavy (non-hydrogen) atoms. The third-order valence-corrected chi connectivity index (χ3v) is 3.28. The second-order valence-corrected chi connectivity index (χ2v) is 5.15. The minimum atomic E-state index is -1.58. The minimum absolute atomic E-state index is 0.0212. The molecule has 0 bridgehead atoms. The Morgan fingerprint density at radius 2 is 2.50 bits per heavy atom. The van der Waals surface area contributed by atoms with Crippen LogP contribution < -0.4 is 11.1 Å². The zero-order valence-corrected chi connectivity index (χ0v) is 11.0. The van der Waals surface area contributed by atoms with Crippen LogP contribution in [0.3, 0.4) is 0 Å². The van der Waals surface area contributed by atoms with Gasteiger partial charge in [0.2, 0.25) is 0 Å². The van der Waals surface area contributed by atoms with E-state index in [1.165, 1.54) is 19.2 Å². The van der Waals surface area contributed by atoms with Crippen molar-refractivity contribution < 1.29 is 9.13 Å². The van der Waals surface area contributed by atoms with Crippen molar-refractivity contribution in [3.8, 4) is 0 Å². The number of nitrogens with one attached hydrogen (secondary N) is 1. The quantitative estimate of drug-likeness (QED) is 0.883. The lowest BCUT2D eigenvalue weighted by Crippen LogP contribution is -2.44. The van der Waals surface area contributed by atoms with E-state index in [4.69, 9.17) is 22.1 Å². The first-order valence-corrected chi connectivity index (χ1v) is 6.28. The maximum Gasteiger partial charge on any atom is 0.138 e. The van der Waals surface area contributed by atoms with Crippen LogP contribution in [-0.2, 0) is 10.4 Å². The van der Waals surface area contributed by atoms with Gasteiger partial charge in [-0.25, -0.2) is 9.37 Å². The summed E-state index contributed by atoms with van der Waals surface area (Å²) in [6.45, 7) is 3.41. The minimum Gasteiger partial charge on any atom is -0.383 e. The Morgan fingerprint density at radius 1 is 1.72 bits per heavy atom. The Kier molecular flexibility index (Phi) is 4.04. The fourth-order valence-electron chi connectivity index (χ4n) is 2.19. The second kappa shape index (κ2) is 5.38. The zero-order chi connectivity index (χ0) is 13.2. The highest BCUT2D eigenvalue weighted by atomic mass is 35.5. The van der Waals surface area contributed by atoms with Gasteiger partial charge in [-0.15, -0.1) is 0 Å². The topological polar surface area (TPSA) is 60.2 Å². The molecule has 0 saturated carbocycles. The zero-order valence-electron chi connectivity index (χ0n) is 10.2. The van der Waals surface area contributed by atoms with E-state index in [-0.39, 0.29) is 18.3 Å². The van der Waals surface area contributed by atoms with Gasteiger partial charge in [0.25, 0.3) is 0 Å². The molecule has 0 aliphatic carbocycles. The summed E-state index contributed by atoms with van der Waals surface area (Å²) in [6.07, 6.45) is 1.69. The number of rotatable bonds is 3. The van der Waals surface area contributed by atoms with Crippen LogP contribution in [0.15, 0.2) is 12.3 Å². The molecule has 0 aromatic carbocycles. The normalized spacial score (nSPS) is 23.6. The molecule has 1 aromatic rings. The molecular weight excluding hydrogens is 257 g/mol. The molecule has 1 aliphatic heterocycles. The van der Waals surface area contributed by atoms with Crippen molar-refractivity contribution in [1.29, 1.82) is 0 Å². The number of halogens is 2. The van der Waals surface area contributed by atoms with Crippen LogP contribution in [-0.4, -0.2) is 30.8 Å². The lowest BCUT2D eigenvalue weighted by molar-refractivity contribution is 0.0476. The van der Waals surface area contributed by atoms with E-state index in [2.05, 4.69) is 10.3 Å². The molecule has 2 atom stereocenters. The van der Waals surface area contributed by atoms with Crippen molar-refractivity contribution in [3.63, 3.8) is 0 Å². The first-order valence-electron chi connectivity index (χ1n) is 5.90. The standard InChI is InChI=1S/C12H17ClFN3O/c1-12(14,5-9-7-18-3-2-16-9)10-4-8(13)6-17-11(10)15/h4,6,9,16H,2-3,5,7H2,1H3,(H2,15,17). The number of hydrogen-bond acceptors (Lipinski definition) is 4. The van der Waals surface area contributed by atoms with Gasteiger partial charge in [0.1, 0.15) is 11.5 Å². The van der Waals surface area contributed by atoms with Crippen LogP contribution in [0.1, 0.15) is 18.9 Å². The van der Waals surface area contributed by atoms with Gasteiger partial charge in [0.15, 0.2) is 0 Å². The largest absolute Gasteiger partial charge is 0.383 e. The van der Waals surface area contributed by atoms with E-state index in [1.807, 2.05) is 0 Å². The Balaban J connectivity index is 2.15. The first-order chi connectivity index (χ1) is 8.49. The van der Waals surface area contributed by atoms with Crippen LogP contribution in [0.2, 0.25) is 5.02 Å². The van der Waals surface area contributed by atoms with Crippen LogP contribution in [0.5, 0.6) is 0 Å². The number of pyridine rings is 1. The highest BCUT2D eigenvalue weighted by molar-refractivity contribution is 6.30. The van der Waals surface area contributed by atoms with Crippen molar-refractivity contribution in [2.75, 3.05) is 25.5 Å². The monoisotopic (exact) mass is 273 g/mol. The molecule has 1 fully saturated rings. The molecule has 2 heterocycles. The smallest absolute Gasteiger partial charge is 0.138 e. The van der Waals surface area contributed by atoms with E-state index < -0.39 is 5.67 Å². The summed E-state index contributed by atoms with van der Waals surface area (Å²) in [4.78, 5) is 3.89. The van der Waals surface area contributed by atoms with Crippen molar-refractivity contribution in [3.05, 3.63) is 22.8 Å². The average molecular weight is 274 g/mol. The second-order valence-electron chi connectivity index (χ2n) is 4.71. The third-order valence-electron chi connectivity index (χ3n) is 3.07. The average Bonchev–Trinajstić information content (AvgIpc) is 2.33. The third kappa shape index (κ3) is 3.10. The number of anilines is 1. The molecule has 2 unspecified atom stereocenters. The summed E-state index contributed by atoms with van der Waals surface area (Å²) in [7, 11) is 0. The number of nitrogens with two attached hydrogens (primary N) is 1. The highest BCUT2D eigenvalue weighted by Gasteiger charge is 2.33. The van der Waals surface area contributed by atoms with Crippen molar-refractivity contribution in [2.45, 2.75) is 25.1 Å². The van der Waals surface area contributed by atoms with E-state index in [0.29, 0.717) is 23.8 Å². The molecule has 2 rings (SSSR count). The maximum absolute atomic E-state index is 14.8. The SMILES string of the molecule is CC(F)(CC1COCCN1)c1cc(Cl)cnc1N. The summed E-state index contributed by atoms with van der Waals surface area (Å²) < 4.78 is 20.1. The molecule has 100 valence electrons. The van der Waals surface area contributed by atoms with E-state index in [1.54, 1.807) is 0 Å². The predicted molar refractivity (Wildman–Crippen MR) is 69.3 cm³/mol. The van der Waals surface area contributed by atoms with Crippen LogP contribution in [0.25, 0.3) is 0 Å². The molecular formula is C12H17ClFN3O. The van der Waals surface area contributed by atoms with Gasteiger partial charge in [-0.1, -0.05) is 11.6 Å². The van der Waals surface area contributed by atoms with Crippen molar-refractivity contribution >= 4 is 17.4 Å². The molecule has 0 spiro atoms. The van der Waals surface area contributed by atoms with Gasteiger partial charge in [0.05, 0.1) is 18.2 Å². The number of aromatic nitrogens is 1. The van der Waals surface area contributed by atoms with Crippen LogP contribution in [0.4, 0.5) is 10.2 Å². The molecule has 6 heteroatoms. The molecule has 1 aromatic heterocycles. The molecule has 1 aliphatic rings. The Hall–Kier alpha value is -0.910. The predicted octanol–water partition coefficient (Wildman–Crippen LogP) is 1.88. The van der Waals surface area contributed by atoms with Gasteiger partial charge >= 0.3 is 0 Å². The number of morpholine rings is 1. The summed E-state index contributed by atoms with van der Waals surface area (Å²) in [5.41, 5.74) is 4.47. The molecule has 1 saturated heterocycles. The Bertz CT molecular complexity index is 422. The molecule has 4 nitrogen and oxygen atoms in total. The fourth-order valence-corrected chi connectivity index (χ4v) is 2.35. The summed E-state index contributed by atoms with van der Waals surface area (Å²) in [5.74, 6) is 0.182. The van der Waals surface area contributed by atoms with Gasteiger partial charge < -0.3 is 15.8 Å². The van der Waals surface area contributed by atoms with Gasteiger partial charge in [-0.2, -0.15) is 0 Å². The van der Waals surface area contributed by atoms with E-state index in [9.17, 15) is 4.39 Å². The van der Waals surface area contributed by atoms with Crippen molar-refractivity contribution in [1.82, 2.24) is 10.3 Å². The number of hydrogen-bond donors (Lipinski definition) is 2. The lowest BCUT2D eigenvalue weighted by atomic mass is 9.91. The van der Waals surface area contributed by atoms with Gasteiger partial charge in [0, 0.05) is 30.8 Å². The maximum atomic E-state index is 14.8. The van der Waals surface area contributed by atoms with Gasteiger partial charge in [-0.05, 0) is 13.0 Å². The van der Waals surface area contributed by atoms with Crippen LogP contribution in [0, 0.1) is 0 Å². The number of nitrogens with zero attached hydrogens (tertiary/aromatic N) is 1. The van der Waals surface area contributed by atoms with Crippen molar-refractivity contribution in [2.24, 2.45) is 0 Å². The summed E-state index contributed by atoms with van der Waals surface area (Å²) >= 11 is 5.84. The molecule has 0 amide bonds. The fraction of sp³-hybridized carbons (Fsp3) is 0.583. The number of ether oxygens (including phenoxy) is 1. The molecule has 3 N–H and O–H groups in total. The van der Waals surface area contributed by atoms with E-state index >= 15 is 0 Å². The van der Waals surface area contributed by atoms with Crippen LogP contribution >= 0.6 is 11.6 Å². The lowest BCUT2D eigenvalue weighted by Gasteiger charge is -2.30. The van der Waals surface area contributed by atoms with Gasteiger partial charge in [-0.3, -0.25) is 0 Å². The molecule has 0 radical (unpaired) electrons. The summed E-state index contributed by atoms with van der Waals surface area (Å²) in [6, 6.07) is 1.51. The summed E-state index contributed by atoms with van der Waals surface area (Å²) in [5, 5.41) is 3.60. The van der Waals surface area contributed by atoms with E-state index in [0.717, 1.165) is 6.54 Å². The first kappa shape index (κ1) is 13.5. The Morgan fingerprint density at radius 3 is 3.17 bits per heavy atom. The Labute approximate surface area is 111 Å².